The average molecular weight is 704 g/mol. The molecule has 0 amide bonds. The second-order valence-corrected chi connectivity index (χ2v) is 10.2. The molecule has 0 aliphatic rings. The Morgan fingerprint density at radius 1 is 0.680 bits per heavy atom. The SMILES string of the molecule is Cc1[nH]n(-c2ccccc2)c(=O)c1N=Nc1ccccc1C(=O)[O-].Cc1[nH]n(-c2ccccc2)c(=O)c1[NH+]=Nc1ccccc1C(=O)O.[Cr].[Li+]. The predicted molar refractivity (Wildman–Crippen MR) is 173 cm³/mol. The molecule has 4 N–H and O–H groups in total. The maximum absolute atomic E-state index is 12.5. The zero-order valence-electron chi connectivity index (χ0n) is 27.0. The molecule has 0 fully saturated rings. The number of azo groups is 2. The fraction of sp³-hybridized carbons (Fsp3) is 0.0588. The molecule has 0 atom stereocenters. The first-order valence-corrected chi connectivity index (χ1v) is 14.4. The van der Waals surface area contributed by atoms with E-state index < -0.39 is 11.9 Å². The fourth-order valence-corrected chi connectivity index (χ4v) is 4.56. The predicted octanol–water partition coefficient (Wildman–Crippen LogP) is 0.923. The number of rotatable bonds is 8. The van der Waals surface area contributed by atoms with E-state index in [0.717, 1.165) is 0 Å². The summed E-state index contributed by atoms with van der Waals surface area (Å²) in [7, 11) is 0. The Kier molecular flexibility index (Phi) is 13.5. The second kappa shape index (κ2) is 17.5. The number of benzene rings is 4. The minimum atomic E-state index is -1.35. The number of nitrogens with one attached hydrogen (secondary N) is 3. The van der Waals surface area contributed by atoms with Gasteiger partial charge in [-0.3, -0.25) is 19.8 Å². The van der Waals surface area contributed by atoms with Gasteiger partial charge in [-0.05, 0) is 61.4 Å². The summed E-state index contributed by atoms with van der Waals surface area (Å²) in [5.41, 5.74) is 2.56. The number of carbonyl (C=O) groups is 2. The summed E-state index contributed by atoms with van der Waals surface area (Å²) >= 11 is 0. The molecule has 0 aliphatic carbocycles. The van der Waals surface area contributed by atoms with Gasteiger partial charge >= 0.3 is 36.1 Å². The van der Waals surface area contributed by atoms with Crippen molar-refractivity contribution < 1.29 is 61.1 Å². The number of hydrogen-bond acceptors (Lipinski definition) is 8. The Hall–Kier alpha value is -5.83. The number of H-pyrrole nitrogens is 2. The van der Waals surface area contributed by atoms with Crippen LogP contribution in [-0.2, 0) is 17.4 Å². The number of carboxylic acids is 2. The smallest absolute Gasteiger partial charge is 0.545 e. The van der Waals surface area contributed by atoms with Crippen molar-refractivity contribution in [1.82, 2.24) is 19.6 Å². The van der Waals surface area contributed by atoms with Crippen molar-refractivity contribution in [2.75, 3.05) is 0 Å². The van der Waals surface area contributed by atoms with Crippen LogP contribution in [0.3, 0.4) is 0 Å². The largest absolute Gasteiger partial charge is 1.00 e. The number of aryl methyl sites for hydroxylation is 2. The van der Waals surface area contributed by atoms with Crippen LogP contribution in [0.5, 0.6) is 0 Å². The quantitative estimate of drug-likeness (QED) is 0.134. The maximum atomic E-state index is 12.5. The van der Waals surface area contributed by atoms with Crippen molar-refractivity contribution in [2.45, 2.75) is 13.8 Å². The summed E-state index contributed by atoms with van der Waals surface area (Å²) in [6.07, 6.45) is 0. The first-order chi connectivity index (χ1) is 23.2. The topological polar surface area (TPSA) is 204 Å². The number of para-hydroxylation sites is 3. The van der Waals surface area contributed by atoms with Gasteiger partial charge in [0.15, 0.2) is 5.69 Å². The molecule has 6 aromatic rings. The van der Waals surface area contributed by atoms with Crippen LogP contribution >= 0.6 is 0 Å². The minimum Gasteiger partial charge on any atom is -0.545 e. The molecular weight excluding hydrogens is 675 g/mol. The Morgan fingerprint density at radius 3 is 1.72 bits per heavy atom. The maximum Gasteiger partial charge on any atom is 1.00 e. The zero-order chi connectivity index (χ0) is 34.2. The molecule has 2 heterocycles. The van der Waals surface area contributed by atoms with E-state index in [2.05, 4.69) is 30.7 Å². The van der Waals surface area contributed by atoms with Gasteiger partial charge in [0, 0.05) is 22.9 Å². The molecule has 246 valence electrons. The van der Waals surface area contributed by atoms with Crippen LogP contribution in [0.1, 0.15) is 32.1 Å². The monoisotopic (exact) mass is 703 g/mol. The van der Waals surface area contributed by atoms with Crippen molar-refractivity contribution in [2.24, 2.45) is 15.3 Å². The Morgan fingerprint density at radius 2 is 1.16 bits per heavy atom. The number of carbonyl (C=O) groups excluding carboxylic acids is 1. The first kappa shape index (κ1) is 38.6. The number of aromatic carboxylic acids is 2. The standard InChI is InChI=1S/2C17H14N4O3.Cr.Li/c2*1-11-15(16(22)21(20-11)12-7-3-2-4-8-12)19-18-14-10-6-5-9-13(14)17(23)24;;/h2*2-10,20H,1H3,(H,23,24);;/q;;;+1. The number of aromatic nitrogens is 4. The van der Waals surface area contributed by atoms with Gasteiger partial charge in [-0.15, -0.1) is 10.2 Å². The number of carboxylic acid groups (broad SMARTS) is 2. The van der Waals surface area contributed by atoms with Crippen LogP contribution in [0.2, 0.25) is 0 Å². The molecule has 14 nitrogen and oxygen atoms in total. The van der Waals surface area contributed by atoms with Gasteiger partial charge in [0.05, 0.1) is 34.3 Å². The minimum absolute atomic E-state index is 0. The molecule has 0 saturated carbocycles. The molecule has 0 aliphatic heterocycles. The van der Waals surface area contributed by atoms with E-state index in [1.54, 1.807) is 68.4 Å². The van der Waals surface area contributed by atoms with E-state index in [1.165, 1.54) is 27.6 Å². The Balaban J connectivity index is 0.000000260. The third-order valence-corrected chi connectivity index (χ3v) is 6.94. The summed E-state index contributed by atoms with van der Waals surface area (Å²) in [5, 5.41) is 40.7. The van der Waals surface area contributed by atoms with Gasteiger partial charge < -0.3 is 15.0 Å². The van der Waals surface area contributed by atoms with Crippen LogP contribution < -0.4 is 40.2 Å². The number of hydrogen-bond donors (Lipinski definition) is 4. The van der Waals surface area contributed by atoms with Crippen LogP contribution in [0.15, 0.2) is 134 Å². The van der Waals surface area contributed by atoms with Crippen molar-refractivity contribution >= 4 is 34.7 Å². The average Bonchev–Trinajstić information content (AvgIpc) is 3.55. The van der Waals surface area contributed by atoms with Crippen molar-refractivity contribution in [3.05, 3.63) is 152 Å². The van der Waals surface area contributed by atoms with Crippen molar-refractivity contribution in [3.63, 3.8) is 0 Å². The molecule has 50 heavy (non-hydrogen) atoms. The van der Waals surface area contributed by atoms with Crippen LogP contribution in [0, 0.1) is 13.8 Å². The Bertz CT molecular complexity index is 2120. The van der Waals surface area contributed by atoms with Gasteiger partial charge in [-0.2, -0.15) is 0 Å². The van der Waals surface area contributed by atoms with Gasteiger partial charge in [0.1, 0.15) is 11.4 Å². The second-order valence-electron chi connectivity index (χ2n) is 10.2. The number of nitrogens with zero attached hydrogens (tertiary/aromatic N) is 5. The zero-order valence-corrected chi connectivity index (χ0v) is 28.3. The molecule has 4 aromatic carbocycles. The first-order valence-electron chi connectivity index (χ1n) is 14.4. The van der Waals surface area contributed by atoms with Gasteiger partial charge in [0.25, 0.3) is 5.56 Å². The third-order valence-electron chi connectivity index (χ3n) is 6.94. The summed E-state index contributed by atoms with van der Waals surface area (Å²) in [5.74, 6) is -2.43. The summed E-state index contributed by atoms with van der Waals surface area (Å²) in [6, 6.07) is 30.5. The van der Waals surface area contributed by atoms with E-state index in [1.807, 2.05) is 36.4 Å². The molecule has 0 radical (unpaired) electrons. The molecule has 16 heteroatoms. The van der Waals surface area contributed by atoms with Crippen LogP contribution in [0.25, 0.3) is 11.4 Å². The van der Waals surface area contributed by atoms with Crippen molar-refractivity contribution in [3.8, 4) is 11.4 Å². The summed E-state index contributed by atoms with van der Waals surface area (Å²) < 4.78 is 2.75. The molecule has 0 spiro atoms. The van der Waals surface area contributed by atoms with E-state index in [9.17, 15) is 24.3 Å². The van der Waals surface area contributed by atoms with Crippen molar-refractivity contribution in [1.29, 1.82) is 0 Å². The molecular formula is C34H28CrLiN8O6+. The Labute approximate surface area is 307 Å². The van der Waals surface area contributed by atoms with Gasteiger partial charge in [-0.1, -0.05) is 71.8 Å². The van der Waals surface area contributed by atoms with Crippen LogP contribution in [-0.4, -0.2) is 36.6 Å². The van der Waals surface area contributed by atoms with E-state index in [0.29, 0.717) is 22.8 Å². The molecule has 2 aromatic heterocycles. The molecule has 0 bridgehead atoms. The number of aromatic amines is 2. The normalized spacial score (nSPS) is 10.6. The van der Waals surface area contributed by atoms with Gasteiger partial charge in [0.2, 0.25) is 0 Å². The van der Waals surface area contributed by atoms with Crippen LogP contribution in [0.4, 0.5) is 22.7 Å². The fourth-order valence-electron chi connectivity index (χ4n) is 4.56. The van der Waals surface area contributed by atoms with E-state index >= 15 is 0 Å². The van der Waals surface area contributed by atoms with Gasteiger partial charge in [-0.25, -0.2) is 14.2 Å². The third kappa shape index (κ3) is 8.79. The van der Waals surface area contributed by atoms with E-state index in [-0.39, 0.29) is 81.2 Å². The molecule has 6 rings (SSSR count). The summed E-state index contributed by atoms with van der Waals surface area (Å²) in [6.45, 7) is 3.43. The van der Waals surface area contributed by atoms with E-state index in [4.69, 9.17) is 5.11 Å². The molecule has 0 unspecified atom stereocenters. The molecule has 0 saturated heterocycles. The summed E-state index contributed by atoms with van der Waals surface area (Å²) in [4.78, 5) is 47.3.